The van der Waals surface area contributed by atoms with Crippen molar-refractivity contribution in [1.29, 1.82) is 0 Å². The molecule has 1 heterocycles. The lowest BCUT2D eigenvalue weighted by Gasteiger charge is -2.09. The normalized spacial score (nSPS) is 10.6. The van der Waals surface area contributed by atoms with Crippen LogP contribution in [-0.2, 0) is 11.3 Å². The maximum atomic E-state index is 10.9. The first-order valence-electron chi connectivity index (χ1n) is 5.32. The number of aromatic nitrogens is 3. The van der Waals surface area contributed by atoms with E-state index in [4.69, 9.17) is 16.3 Å². The second kappa shape index (κ2) is 5.29. The Balaban J connectivity index is 2.59. The van der Waals surface area contributed by atoms with Crippen LogP contribution in [0.2, 0.25) is 5.02 Å². The van der Waals surface area contributed by atoms with Crippen LogP contribution in [0.5, 0.6) is 0 Å². The molecule has 0 aliphatic rings. The number of hydrogen-bond donors (Lipinski definition) is 0. The molecule has 0 N–H and O–H groups in total. The standard InChI is InChI=1S/C12H12ClN3O2/c1-8-3-4-9(13)5-11(8)16-12(7-18-2)10(6-17)14-15-16/h3-6H,7H2,1-2H3. The van der Waals surface area contributed by atoms with Gasteiger partial charge < -0.3 is 4.74 Å². The smallest absolute Gasteiger partial charge is 0.172 e. The van der Waals surface area contributed by atoms with Crippen LogP contribution in [0.1, 0.15) is 21.7 Å². The fourth-order valence-electron chi connectivity index (χ4n) is 1.68. The summed E-state index contributed by atoms with van der Waals surface area (Å²) >= 11 is 5.97. The number of benzene rings is 1. The van der Waals surface area contributed by atoms with Gasteiger partial charge in [-0.2, -0.15) is 0 Å². The SMILES string of the molecule is COCc1c(C=O)nnn1-c1cc(Cl)ccc1C. The van der Waals surface area contributed by atoms with Crippen LogP contribution in [0.4, 0.5) is 0 Å². The Bertz CT molecular complexity index is 581. The maximum Gasteiger partial charge on any atom is 0.172 e. The minimum Gasteiger partial charge on any atom is -0.378 e. The Morgan fingerprint density at radius 3 is 2.94 bits per heavy atom. The third-order valence-corrected chi connectivity index (χ3v) is 2.82. The predicted molar refractivity (Wildman–Crippen MR) is 67.2 cm³/mol. The van der Waals surface area contributed by atoms with Crippen molar-refractivity contribution in [3.63, 3.8) is 0 Å². The van der Waals surface area contributed by atoms with E-state index in [1.807, 2.05) is 13.0 Å². The minimum absolute atomic E-state index is 0.257. The number of carbonyl (C=O) groups excluding carboxylic acids is 1. The molecule has 0 atom stereocenters. The molecule has 0 saturated heterocycles. The van der Waals surface area contributed by atoms with E-state index >= 15 is 0 Å². The lowest BCUT2D eigenvalue weighted by molar-refractivity contribution is 0.111. The lowest BCUT2D eigenvalue weighted by Crippen LogP contribution is -2.06. The van der Waals surface area contributed by atoms with Gasteiger partial charge in [-0.1, -0.05) is 22.9 Å². The second-order valence-corrected chi connectivity index (χ2v) is 4.25. The number of rotatable bonds is 4. The molecule has 0 aliphatic heterocycles. The van der Waals surface area contributed by atoms with E-state index in [0.29, 0.717) is 17.0 Å². The Kier molecular flexibility index (Phi) is 3.74. The van der Waals surface area contributed by atoms with Gasteiger partial charge in [0.25, 0.3) is 0 Å². The maximum absolute atomic E-state index is 10.9. The van der Waals surface area contributed by atoms with Gasteiger partial charge in [0.1, 0.15) is 5.69 Å². The van der Waals surface area contributed by atoms with Crippen LogP contribution in [0.25, 0.3) is 5.69 Å². The van der Waals surface area contributed by atoms with Gasteiger partial charge in [-0.05, 0) is 24.6 Å². The average Bonchev–Trinajstić information content (AvgIpc) is 2.76. The highest BCUT2D eigenvalue weighted by Gasteiger charge is 2.15. The molecule has 0 radical (unpaired) electrons. The van der Waals surface area contributed by atoms with Crippen molar-refractivity contribution < 1.29 is 9.53 Å². The van der Waals surface area contributed by atoms with Crippen molar-refractivity contribution in [2.75, 3.05) is 7.11 Å². The first-order valence-corrected chi connectivity index (χ1v) is 5.70. The molecule has 18 heavy (non-hydrogen) atoms. The summed E-state index contributed by atoms with van der Waals surface area (Å²) in [7, 11) is 1.55. The van der Waals surface area contributed by atoms with E-state index in [1.165, 1.54) is 0 Å². The van der Waals surface area contributed by atoms with Gasteiger partial charge in [0.2, 0.25) is 0 Å². The predicted octanol–water partition coefficient (Wildman–Crippen LogP) is 2.19. The van der Waals surface area contributed by atoms with Gasteiger partial charge in [-0.25, -0.2) is 4.68 Å². The summed E-state index contributed by atoms with van der Waals surface area (Å²) in [5.41, 5.74) is 2.66. The van der Waals surface area contributed by atoms with Gasteiger partial charge in [-0.3, -0.25) is 4.79 Å². The van der Waals surface area contributed by atoms with Gasteiger partial charge in [0, 0.05) is 12.1 Å². The molecule has 0 aliphatic carbocycles. The largest absolute Gasteiger partial charge is 0.378 e. The quantitative estimate of drug-likeness (QED) is 0.795. The number of nitrogens with zero attached hydrogens (tertiary/aromatic N) is 3. The summed E-state index contributed by atoms with van der Waals surface area (Å²) in [6.45, 7) is 2.19. The summed E-state index contributed by atoms with van der Waals surface area (Å²) in [5, 5.41) is 8.40. The van der Waals surface area contributed by atoms with Crippen LogP contribution in [0.3, 0.4) is 0 Å². The first-order chi connectivity index (χ1) is 8.67. The van der Waals surface area contributed by atoms with Crippen LogP contribution < -0.4 is 0 Å². The van der Waals surface area contributed by atoms with Crippen molar-refractivity contribution >= 4 is 17.9 Å². The van der Waals surface area contributed by atoms with E-state index in [0.717, 1.165) is 11.3 Å². The van der Waals surface area contributed by atoms with Crippen molar-refractivity contribution in [2.24, 2.45) is 0 Å². The first kappa shape index (κ1) is 12.7. The average molecular weight is 266 g/mol. The Morgan fingerprint density at radius 1 is 1.50 bits per heavy atom. The number of halogens is 1. The number of ether oxygens (including phenoxy) is 1. The molecular weight excluding hydrogens is 254 g/mol. The van der Waals surface area contributed by atoms with E-state index < -0.39 is 0 Å². The summed E-state index contributed by atoms with van der Waals surface area (Å²) in [6.07, 6.45) is 0.664. The molecule has 5 nitrogen and oxygen atoms in total. The van der Waals surface area contributed by atoms with Crippen molar-refractivity contribution in [3.8, 4) is 5.69 Å². The van der Waals surface area contributed by atoms with Crippen LogP contribution in [0, 0.1) is 6.92 Å². The molecule has 2 rings (SSSR count). The highest BCUT2D eigenvalue weighted by atomic mass is 35.5. The molecule has 1 aromatic heterocycles. The molecule has 94 valence electrons. The number of methoxy groups -OCH3 is 1. The topological polar surface area (TPSA) is 57.0 Å². The Labute approximate surface area is 109 Å². The summed E-state index contributed by atoms with van der Waals surface area (Å²) in [4.78, 5) is 10.9. The molecule has 1 aromatic carbocycles. The third-order valence-electron chi connectivity index (χ3n) is 2.59. The monoisotopic (exact) mass is 265 g/mol. The van der Waals surface area contributed by atoms with Gasteiger partial charge in [-0.15, -0.1) is 5.10 Å². The van der Waals surface area contributed by atoms with E-state index in [-0.39, 0.29) is 12.3 Å². The fourth-order valence-corrected chi connectivity index (χ4v) is 1.85. The molecule has 6 heteroatoms. The van der Waals surface area contributed by atoms with E-state index in [9.17, 15) is 4.79 Å². The number of aldehydes is 1. The number of hydrogen-bond acceptors (Lipinski definition) is 4. The molecule has 0 saturated carbocycles. The van der Waals surface area contributed by atoms with Crippen LogP contribution in [0.15, 0.2) is 18.2 Å². The second-order valence-electron chi connectivity index (χ2n) is 3.81. The summed E-state index contributed by atoms with van der Waals surface area (Å²) in [5.74, 6) is 0. The highest BCUT2D eigenvalue weighted by molar-refractivity contribution is 6.30. The summed E-state index contributed by atoms with van der Waals surface area (Å²) in [6, 6.07) is 5.46. The zero-order valence-corrected chi connectivity index (χ0v) is 10.8. The molecule has 2 aromatic rings. The fraction of sp³-hybridized carbons (Fsp3) is 0.250. The third kappa shape index (κ3) is 2.27. The molecule has 0 unspecified atom stereocenters. The zero-order chi connectivity index (χ0) is 13.1. The lowest BCUT2D eigenvalue weighted by atomic mass is 10.2. The van der Waals surface area contributed by atoms with Gasteiger partial charge >= 0.3 is 0 Å². The molecule has 0 fully saturated rings. The van der Waals surface area contributed by atoms with Gasteiger partial charge in [0.15, 0.2) is 12.0 Å². The Morgan fingerprint density at radius 2 is 2.28 bits per heavy atom. The number of aryl methyl sites for hydroxylation is 1. The van der Waals surface area contributed by atoms with Crippen LogP contribution in [-0.4, -0.2) is 28.4 Å². The van der Waals surface area contributed by atoms with Crippen LogP contribution >= 0.6 is 11.6 Å². The Hall–Kier alpha value is -1.72. The van der Waals surface area contributed by atoms with E-state index in [2.05, 4.69) is 10.3 Å². The molecule has 0 spiro atoms. The highest BCUT2D eigenvalue weighted by Crippen LogP contribution is 2.21. The molecular formula is C12H12ClN3O2. The molecule has 0 bridgehead atoms. The van der Waals surface area contributed by atoms with Gasteiger partial charge in [0.05, 0.1) is 12.3 Å². The molecule has 0 amide bonds. The van der Waals surface area contributed by atoms with E-state index in [1.54, 1.807) is 23.9 Å². The van der Waals surface area contributed by atoms with Crippen molar-refractivity contribution in [3.05, 3.63) is 40.2 Å². The minimum atomic E-state index is 0.257. The zero-order valence-electron chi connectivity index (χ0n) is 10.1. The summed E-state index contributed by atoms with van der Waals surface area (Å²) < 4.78 is 6.65. The van der Waals surface area contributed by atoms with Crippen molar-refractivity contribution in [1.82, 2.24) is 15.0 Å². The number of carbonyl (C=O) groups is 1. The van der Waals surface area contributed by atoms with Crippen molar-refractivity contribution in [2.45, 2.75) is 13.5 Å².